The summed E-state index contributed by atoms with van der Waals surface area (Å²) in [7, 11) is 0. The molecule has 0 fully saturated rings. The number of amides is 1. The Balaban J connectivity index is 0.00000256. The number of aryl methyl sites for hydroxylation is 1. The van der Waals surface area contributed by atoms with E-state index >= 15 is 0 Å². The molecule has 0 aromatic carbocycles. The van der Waals surface area contributed by atoms with Gasteiger partial charge in [0.05, 0.1) is 12.1 Å². The Bertz CT molecular complexity index is 328. The molecule has 1 amide bonds. The summed E-state index contributed by atoms with van der Waals surface area (Å²) in [6.07, 6.45) is 1.39. The molecule has 0 radical (unpaired) electrons. The highest BCUT2D eigenvalue weighted by molar-refractivity contribution is 5.85. The number of rotatable bonds is 7. The molecule has 0 unspecified atom stereocenters. The van der Waals surface area contributed by atoms with E-state index in [1.54, 1.807) is 6.07 Å². The maximum absolute atomic E-state index is 11.4. The van der Waals surface area contributed by atoms with E-state index in [1.165, 1.54) is 0 Å². The molecule has 0 saturated heterocycles. The Hall–Kier alpha value is -1.07. The Morgan fingerprint density at radius 2 is 2.18 bits per heavy atom. The fourth-order valence-corrected chi connectivity index (χ4v) is 1.32. The van der Waals surface area contributed by atoms with Crippen LogP contribution in [0.2, 0.25) is 0 Å². The van der Waals surface area contributed by atoms with Crippen LogP contribution in [0.4, 0.5) is 0 Å². The van der Waals surface area contributed by atoms with Gasteiger partial charge in [0, 0.05) is 19.2 Å². The van der Waals surface area contributed by atoms with E-state index < -0.39 is 0 Å². The minimum Gasteiger partial charge on any atom is -0.361 e. The van der Waals surface area contributed by atoms with Crippen LogP contribution in [0.1, 0.15) is 24.8 Å². The third-order valence-corrected chi connectivity index (χ3v) is 2.07. The van der Waals surface area contributed by atoms with Gasteiger partial charge in [0.15, 0.2) is 0 Å². The number of hydrogen-bond donors (Lipinski definition) is 2. The van der Waals surface area contributed by atoms with Crippen LogP contribution >= 0.6 is 12.4 Å². The van der Waals surface area contributed by atoms with Crippen molar-refractivity contribution in [1.29, 1.82) is 0 Å². The van der Waals surface area contributed by atoms with Crippen molar-refractivity contribution in [2.24, 2.45) is 0 Å². The van der Waals surface area contributed by atoms with E-state index in [9.17, 15) is 4.79 Å². The van der Waals surface area contributed by atoms with Gasteiger partial charge >= 0.3 is 0 Å². The van der Waals surface area contributed by atoms with Crippen LogP contribution in [0.3, 0.4) is 0 Å². The highest BCUT2D eigenvalue weighted by atomic mass is 35.5. The molecule has 6 heteroatoms. The second-order valence-corrected chi connectivity index (χ2v) is 3.71. The minimum atomic E-state index is -0.0217. The van der Waals surface area contributed by atoms with Gasteiger partial charge in [-0.25, -0.2) is 0 Å². The average Bonchev–Trinajstić information content (AvgIpc) is 2.63. The zero-order valence-corrected chi connectivity index (χ0v) is 11.1. The van der Waals surface area contributed by atoms with Crippen molar-refractivity contribution in [1.82, 2.24) is 15.8 Å². The van der Waals surface area contributed by atoms with Crippen LogP contribution in [-0.2, 0) is 11.2 Å². The van der Waals surface area contributed by atoms with E-state index in [2.05, 4.69) is 22.7 Å². The van der Waals surface area contributed by atoms with Crippen molar-refractivity contribution in [2.75, 3.05) is 19.6 Å². The van der Waals surface area contributed by atoms with Crippen LogP contribution in [0, 0.1) is 6.92 Å². The molecule has 1 aromatic rings. The molecular weight excluding hydrogens is 242 g/mol. The minimum absolute atomic E-state index is 0. The molecule has 98 valence electrons. The fraction of sp³-hybridized carbons (Fsp3) is 0.636. The van der Waals surface area contributed by atoms with Crippen LogP contribution in [-0.4, -0.2) is 30.7 Å². The smallest absolute Gasteiger partial charge is 0.226 e. The number of halogens is 1. The van der Waals surface area contributed by atoms with E-state index in [-0.39, 0.29) is 24.7 Å². The monoisotopic (exact) mass is 261 g/mol. The lowest BCUT2D eigenvalue weighted by molar-refractivity contribution is -0.120. The third kappa shape index (κ3) is 6.97. The Kier molecular flexibility index (Phi) is 8.44. The second-order valence-electron chi connectivity index (χ2n) is 3.71. The molecule has 17 heavy (non-hydrogen) atoms. The molecule has 1 aromatic heterocycles. The summed E-state index contributed by atoms with van der Waals surface area (Å²) in [5.74, 6) is 0.707. The quantitative estimate of drug-likeness (QED) is 0.721. The van der Waals surface area contributed by atoms with Crippen molar-refractivity contribution in [2.45, 2.75) is 26.7 Å². The molecule has 0 bridgehead atoms. The van der Waals surface area contributed by atoms with Crippen LogP contribution in [0.5, 0.6) is 0 Å². The predicted octanol–water partition coefficient (Wildman–Crippen LogP) is 1.06. The number of carbonyl (C=O) groups excluding carboxylic acids is 1. The average molecular weight is 262 g/mol. The molecule has 2 N–H and O–H groups in total. The molecule has 1 rings (SSSR count). The van der Waals surface area contributed by atoms with Crippen molar-refractivity contribution in [3.8, 4) is 0 Å². The van der Waals surface area contributed by atoms with E-state index in [0.29, 0.717) is 12.2 Å². The first-order valence-corrected chi connectivity index (χ1v) is 5.62. The van der Waals surface area contributed by atoms with Crippen LogP contribution in [0.15, 0.2) is 10.6 Å². The summed E-state index contributed by atoms with van der Waals surface area (Å²) in [6.45, 7) is 6.35. The number of nitrogens with one attached hydrogen (secondary N) is 2. The lowest BCUT2D eigenvalue weighted by atomic mass is 10.3. The third-order valence-electron chi connectivity index (χ3n) is 2.07. The zero-order chi connectivity index (χ0) is 11.8. The van der Waals surface area contributed by atoms with Gasteiger partial charge in [-0.1, -0.05) is 12.1 Å². The summed E-state index contributed by atoms with van der Waals surface area (Å²) < 4.78 is 4.88. The molecule has 0 aliphatic rings. The summed E-state index contributed by atoms with van der Waals surface area (Å²) in [5.41, 5.74) is 0.677. The van der Waals surface area contributed by atoms with Crippen LogP contribution < -0.4 is 10.6 Å². The molecule has 0 spiro atoms. The summed E-state index contributed by atoms with van der Waals surface area (Å²) >= 11 is 0. The molecule has 0 aliphatic carbocycles. The van der Waals surface area contributed by atoms with E-state index in [0.717, 1.165) is 25.3 Å². The molecular formula is C11H20ClN3O2. The predicted molar refractivity (Wildman–Crippen MR) is 68.4 cm³/mol. The molecule has 5 nitrogen and oxygen atoms in total. The highest BCUT2D eigenvalue weighted by Crippen LogP contribution is 2.01. The first-order chi connectivity index (χ1) is 7.72. The number of nitrogens with zero attached hydrogens (tertiary/aromatic N) is 1. The van der Waals surface area contributed by atoms with E-state index in [1.807, 2.05) is 6.92 Å². The van der Waals surface area contributed by atoms with Gasteiger partial charge in [-0.15, -0.1) is 12.4 Å². The maximum atomic E-state index is 11.4. The molecule has 0 atom stereocenters. The van der Waals surface area contributed by atoms with Crippen molar-refractivity contribution >= 4 is 18.3 Å². The zero-order valence-electron chi connectivity index (χ0n) is 10.3. The largest absolute Gasteiger partial charge is 0.361 e. The summed E-state index contributed by atoms with van der Waals surface area (Å²) in [4.78, 5) is 11.4. The van der Waals surface area contributed by atoms with E-state index in [4.69, 9.17) is 4.52 Å². The number of carbonyl (C=O) groups is 1. The molecule has 0 aliphatic heterocycles. The number of aromatic nitrogens is 1. The van der Waals surface area contributed by atoms with Gasteiger partial charge in [-0.3, -0.25) is 4.79 Å². The molecule has 1 heterocycles. The van der Waals surface area contributed by atoms with Crippen molar-refractivity contribution in [3.63, 3.8) is 0 Å². The fourth-order valence-electron chi connectivity index (χ4n) is 1.32. The topological polar surface area (TPSA) is 67.2 Å². The first kappa shape index (κ1) is 15.9. The van der Waals surface area contributed by atoms with Gasteiger partial charge in [0.2, 0.25) is 5.91 Å². The van der Waals surface area contributed by atoms with Gasteiger partial charge in [0.25, 0.3) is 0 Å². The lowest BCUT2D eigenvalue weighted by Crippen LogP contribution is -2.33. The second kappa shape index (κ2) is 9.01. The maximum Gasteiger partial charge on any atom is 0.226 e. The highest BCUT2D eigenvalue weighted by Gasteiger charge is 2.06. The Morgan fingerprint density at radius 3 is 2.76 bits per heavy atom. The molecule has 0 saturated carbocycles. The first-order valence-electron chi connectivity index (χ1n) is 5.62. The normalized spacial score (nSPS) is 9.76. The van der Waals surface area contributed by atoms with Crippen molar-refractivity contribution < 1.29 is 9.32 Å². The summed E-state index contributed by atoms with van der Waals surface area (Å²) in [5, 5.41) is 9.79. The van der Waals surface area contributed by atoms with Crippen molar-refractivity contribution in [3.05, 3.63) is 17.5 Å². The standard InChI is InChI=1S/C11H19N3O2.ClH/c1-3-4-12-5-6-13-11(15)8-10-7-9(2)16-14-10;/h7,12H,3-6,8H2,1-2H3,(H,13,15);1H. The van der Waals surface area contributed by atoms with Gasteiger partial charge < -0.3 is 15.2 Å². The SMILES string of the molecule is CCCNCCNC(=O)Cc1cc(C)on1.Cl. The van der Waals surface area contributed by atoms with Gasteiger partial charge in [-0.05, 0) is 19.9 Å². The Labute approximate surface area is 108 Å². The lowest BCUT2D eigenvalue weighted by Gasteiger charge is -2.04. The van der Waals surface area contributed by atoms with Gasteiger partial charge in [0.1, 0.15) is 5.76 Å². The Morgan fingerprint density at radius 1 is 1.41 bits per heavy atom. The van der Waals surface area contributed by atoms with Crippen LogP contribution in [0.25, 0.3) is 0 Å². The summed E-state index contributed by atoms with van der Waals surface area (Å²) in [6, 6.07) is 1.77. The number of hydrogen-bond acceptors (Lipinski definition) is 4. The van der Waals surface area contributed by atoms with Gasteiger partial charge in [-0.2, -0.15) is 0 Å².